The predicted molar refractivity (Wildman–Crippen MR) is 109 cm³/mol. The Hall–Kier alpha value is -3.68. The highest BCUT2D eigenvalue weighted by atomic mass is 16.5. The highest BCUT2D eigenvalue weighted by molar-refractivity contribution is 5.95. The average Bonchev–Trinajstić information content (AvgIpc) is 2.76. The summed E-state index contributed by atoms with van der Waals surface area (Å²) in [6, 6.07) is 11.3. The van der Waals surface area contributed by atoms with Crippen LogP contribution in [-0.2, 0) is 16.1 Å². The van der Waals surface area contributed by atoms with Crippen molar-refractivity contribution >= 4 is 12.0 Å². The number of allylic oxidation sites excluding steroid dienone is 1. The van der Waals surface area contributed by atoms with Gasteiger partial charge in [-0.2, -0.15) is 0 Å². The van der Waals surface area contributed by atoms with Crippen LogP contribution in [0.2, 0.25) is 0 Å². The van der Waals surface area contributed by atoms with Gasteiger partial charge in [-0.1, -0.05) is 24.3 Å². The summed E-state index contributed by atoms with van der Waals surface area (Å²) in [7, 11) is 4.61. The molecule has 2 aromatic carbocycles. The molecule has 158 valence electrons. The molecule has 0 bridgehead atoms. The lowest BCUT2D eigenvalue weighted by atomic mass is 9.94. The molecule has 8 nitrogen and oxygen atoms in total. The van der Waals surface area contributed by atoms with Crippen LogP contribution in [0.4, 0.5) is 4.79 Å². The van der Waals surface area contributed by atoms with Crippen molar-refractivity contribution < 1.29 is 28.5 Å². The van der Waals surface area contributed by atoms with E-state index < -0.39 is 18.0 Å². The molecular formula is C22H24N2O6. The fraction of sp³-hybridized carbons (Fsp3) is 0.273. The third kappa shape index (κ3) is 4.32. The Morgan fingerprint density at radius 2 is 1.73 bits per heavy atom. The maximum absolute atomic E-state index is 13.0. The minimum atomic E-state index is -0.757. The third-order valence-corrected chi connectivity index (χ3v) is 4.76. The Morgan fingerprint density at radius 3 is 2.37 bits per heavy atom. The molecule has 0 aliphatic carbocycles. The molecule has 0 saturated carbocycles. The second kappa shape index (κ2) is 9.21. The summed E-state index contributed by atoms with van der Waals surface area (Å²) in [4.78, 5) is 25.1. The molecule has 1 atom stereocenters. The first-order chi connectivity index (χ1) is 14.5. The van der Waals surface area contributed by atoms with Gasteiger partial charge in [0.25, 0.3) is 0 Å². The molecule has 1 aliphatic heterocycles. The van der Waals surface area contributed by atoms with E-state index in [1.165, 1.54) is 14.2 Å². The van der Waals surface area contributed by atoms with E-state index in [1.54, 1.807) is 44.4 Å². The fourth-order valence-corrected chi connectivity index (χ4v) is 3.29. The van der Waals surface area contributed by atoms with Crippen LogP contribution in [0.25, 0.3) is 0 Å². The van der Waals surface area contributed by atoms with E-state index in [0.29, 0.717) is 28.5 Å². The topological polar surface area (TPSA) is 95.1 Å². The lowest BCUT2D eigenvalue weighted by molar-refractivity contribution is -0.140. The minimum absolute atomic E-state index is 0.0789. The van der Waals surface area contributed by atoms with Gasteiger partial charge in [-0.15, -0.1) is 0 Å². The van der Waals surface area contributed by atoms with Crippen LogP contribution in [0.5, 0.6) is 17.2 Å². The quantitative estimate of drug-likeness (QED) is 0.679. The number of hydrogen-bond donors (Lipinski definition) is 2. The van der Waals surface area contributed by atoms with Crippen LogP contribution in [0.15, 0.2) is 53.7 Å². The van der Waals surface area contributed by atoms with E-state index in [0.717, 1.165) is 5.56 Å². The van der Waals surface area contributed by atoms with Crippen LogP contribution >= 0.6 is 0 Å². The summed E-state index contributed by atoms with van der Waals surface area (Å²) in [6.07, 6.45) is 0. The largest absolute Gasteiger partial charge is 0.497 e. The summed E-state index contributed by atoms with van der Waals surface area (Å²) < 4.78 is 21.5. The highest BCUT2D eigenvalue weighted by Crippen LogP contribution is 2.39. The lowest BCUT2D eigenvalue weighted by Crippen LogP contribution is -2.45. The first-order valence-electron chi connectivity index (χ1n) is 9.27. The van der Waals surface area contributed by atoms with Gasteiger partial charge in [-0.3, -0.25) is 0 Å². The number of hydrogen-bond acceptors (Lipinski definition) is 6. The van der Waals surface area contributed by atoms with Gasteiger partial charge in [-0.25, -0.2) is 9.59 Å². The van der Waals surface area contributed by atoms with Crippen molar-refractivity contribution in [1.29, 1.82) is 0 Å². The maximum atomic E-state index is 13.0. The number of carbonyl (C=O) groups is 2. The van der Waals surface area contributed by atoms with Crippen molar-refractivity contribution in [2.24, 2.45) is 0 Å². The summed E-state index contributed by atoms with van der Waals surface area (Å²) in [5.41, 5.74) is 2.09. The molecule has 0 aromatic heterocycles. The summed E-state index contributed by atoms with van der Waals surface area (Å²) >= 11 is 0. The van der Waals surface area contributed by atoms with Gasteiger partial charge in [0, 0.05) is 11.3 Å². The highest BCUT2D eigenvalue weighted by Gasteiger charge is 2.34. The number of methoxy groups -OCH3 is 3. The van der Waals surface area contributed by atoms with Crippen LogP contribution in [-0.4, -0.2) is 33.3 Å². The molecule has 0 saturated heterocycles. The standard InChI is InChI=1S/C22H24N2O6/c1-13-18(21(25)30-12-14-8-10-15(27-2)11-9-14)19(24-22(26)23-13)16-6-5-7-17(28-3)20(16)29-4/h5-11,19H,12H2,1-4H3,(H2,23,24,26)/t19-/m0/s1. The van der Waals surface area contributed by atoms with Crippen molar-refractivity contribution in [2.45, 2.75) is 19.6 Å². The molecule has 30 heavy (non-hydrogen) atoms. The monoisotopic (exact) mass is 412 g/mol. The number of rotatable bonds is 7. The summed E-state index contributed by atoms with van der Waals surface area (Å²) in [5, 5.41) is 5.40. The molecule has 0 spiro atoms. The van der Waals surface area contributed by atoms with Gasteiger partial charge in [0.1, 0.15) is 12.4 Å². The van der Waals surface area contributed by atoms with Gasteiger partial charge in [0.05, 0.1) is 32.9 Å². The molecule has 0 unspecified atom stereocenters. The SMILES string of the molecule is COc1ccc(COC(=O)C2=C(C)NC(=O)N[C@H]2c2cccc(OC)c2OC)cc1. The van der Waals surface area contributed by atoms with Crippen molar-refractivity contribution in [3.8, 4) is 17.2 Å². The number of ether oxygens (including phenoxy) is 4. The number of carbonyl (C=O) groups excluding carboxylic acids is 2. The Balaban J connectivity index is 1.89. The average molecular weight is 412 g/mol. The van der Waals surface area contributed by atoms with Crippen molar-refractivity contribution in [1.82, 2.24) is 10.6 Å². The van der Waals surface area contributed by atoms with Gasteiger partial charge in [0.2, 0.25) is 0 Å². The zero-order valence-electron chi connectivity index (χ0n) is 17.3. The Morgan fingerprint density at radius 1 is 1.00 bits per heavy atom. The van der Waals surface area contributed by atoms with Crippen molar-refractivity contribution in [2.75, 3.05) is 21.3 Å². The number of nitrogens with one attached hydrogen (secondary N) is 2. The van der Waals surface area contributed by atoms with E-state index in [1.807, 2.05) is 12.1 Å². The van der Waals surface area contributed by atoms with Crippen molar-refractivity contribution in [3.05, 3.63) is 64.9 Å². The molecule has 2 N–H and O–H groups in total. The number of urea groups is 1. The zero-order valence-corrected chi connectivity index (χ0v) is 17.3. The Kier molecular flexibility index (Phi) is 6.46. The van der Waals surface area contributed by atoms with E-state index in [2.05, 4.69) is 10.6 Å². The summed E-state index contributed by atoms with van der Waals surface area (Å²) in [6.45, 7) is 1.73. The molecule has 3 rings (SSSR count). The van der Waals surface area contributed by atoms with Crippen LogP contribution in [0.1, 0.15) is 24.1 Å². The second-order valence-electron chi connectivity index (χ2n) is 6.58. The zero-order chi connectivity index (χ0) is 21.7. The lowest BCUT2D eigenvalue weighted by Gasteiger charge is -2.29. The van der Waals surface area contributed by atoms with E-state index in [9.17, 15) is 9.59 Å². The third-order valence-electron chi connectivity index (χ3n) is 4.76. The molecule has 8 heteroatoms. The van der Waals surface area contributed by atoms with Crippen LogP contribution in [0.3, 0.4) is 0 Å². The Labute approximate surface area is 174 Å². The number of benzene rings is 2. The molecule has 1 aliphatic rings. The Bertz CT molecular complexity index is 968. The molecule has 2 aromatic rings. The summed E-state index contributed by atoms with van der Waals surface area (Å²) in [5.74, 6) is 1.09. The van der Waals surface area contributed by atoms with Gasteiger partial charge < -0.3 is 29.6 Å². The van der Waals surface area contributed by atoms with E-state index >= 15 is 0 Å². The van der Waals surface area contributed by atoms with E-state index in [-0.39, 0.29) is 12.2 Å². The maximum Gasteiger partial charge on any atom is 0.338 e. The molecular weight excluding hydrogens is 388 g/mol. The van der Waals surface area contributed by atoms with Crippen LogP contribution in [0, 0.1) is 0 Å². The van der Waals surface area contributed by atoms with Gasteiger partial charge in [0.15, 0.2) is 11.5 Å². The first kappa shape index (κ1) is 21.0. The smallest absolute Gasteiger partial charge is 0.338 e. The minimum Gasteiger partial charge on any atom is -0.497 e. The van der Waals surface area contributed by atoms with Gasteiger partial charge >= 0.3 is 12.0 Å². The van der Waals surface area contributed by atoms with Crippen molar-refractivity contribution in [3.63, 3.8) is 0 Å². The molecule has 2 amide bonds. The molecule has 1 heterocycles. The second-order valence-corrected chi connectivity index (χ2v) is 6.58. The van der Waals surface area contributed by atoms with Gasteiger partial charge in [-0.05, 0) is 30.7 Å². The number of esters is 1. The number of para-hydroxylation sites is 1. The predicted octanol–water partition coefficient (Wildman–Crippen LogP) is 3.08. The number of amides is 2. The molecule has 0 fully saturated rings. The normalized spacial score (nSPS) is 15.7. The fourth-order valence-electron chi connectivity index (χ4n) is 3.29. The first-order valence-corrected chi connectivity index (χ1v) is 9.27. The molecule has 0 radical (unpaired) electrons. The van der Waals surface area contributed by atoms with E-state index in [4.69, 9.17) is 18.9 Å². The van der Waals surface area contributed by atoms with Crippen LogP contribution < -0.4 is 24.8 Å².